The molecule has 1 aliphatic rings. The van der Waals surface area contributed by atoms with Crippen molar-refractivity contribution in [2.24, 2.45) is 5.41 Å². The Balaban J connectivity index is 2.30. The first-order valence-corrected chi connectivity index (χ1v) is 9.28. The number of amides is 1. The predicted octanol–water partition coefficient (Wildman–Crippen LogP) is 3.24. The summed E-state index contributed by atoms with van der Waals surface area (Å²) in [5.74, 6) is -0.432. The highest BCUT2D eigenvalue weighted by Gasteiger charge is 2.32. The van der Waals surface area contributed by atoms with E-state index in [1.807, 2.05) is 13.8 Å². The Morgan fingerprint density at radius 3 is 2.35 bits per heavy atom. The van der Waals surface area contributed by atoms with E-state index in [4.69, 9.17) is 0 Å². The summed E-state index contributed by atoms with van der Waals surface area (Å²) in [5, 5.41) is 2.75. The largest absolute Gasteiger partial charge is 0.325 e. The van der Waals surface area contributed by atoms with Crippen LogP contribution in [-0.4, -0.2) is 19.9 Å². The molecule has 128 valence electrons. The van der Waals surface area contributed by atoms with Crippen molar-refractivity contribution in [1.29, 1.82) is 0 Å². The Labute approximate surface area is 138 Å². The van der Waals surface area contributed by atoms with Crippen molar-refractivity contribution in [1.82, 2.24) is 4.72 Å². The molecule has 2 rings (SSSR count). The van der Waals surface area contributed by atoms with E-state index in [1.165, 1.54) is 6.07 Å². The molecule has 0 aliphatic carbocycles. The molecule has 0 fully saturated rings. The molecule has 6 heteroatoms. The van der Waals surface area contributed by atoms with E-state index in [2.05, 4.69) is 30.8 Å². The summed E-state index contributed by atoms with van der Waals surface area (Å²) in [7, 11) is -3.64. The van der Waals surface area contributed by atoms with Crippen molar-refractivity contribution in [2.45, 2.75) is 64.3 Å². The number of fused-ring (bicyclic) bond motifs is 1. The second-order valence-corrected chi connectivity index (χ2v) is 9.87. The number of hydrogen-bond acceptors (Lipinski definition) is 3. The normalized spacial score (nSPS) is 18.7. The second kappa shape index (κ2) is 5.60. The van der Waals surface area contributed by atoms with Crippen LogP contribution in [0.4, 0.5) is 5.69 Å². The van der Waals surface area contributed by atoms with Crippen molar-refractivity contribution in [2.75, 3.05) is 5.32 Å². The van der Waals surface area contributed by atoms with Gasteiger partial charge in [-0.2, -0.15) is 0 Å². The molecule has 1 atom stereocenters. The average molecular weight is 338 g/mol. The van der Waals surface area contributed by atoms with Gasteiger partial charge in [0, 0.05) is 11.2 Å². The summed E-state index contributed by atoms with van der Waals surface area (Å²) in [6.07, 6.45) is 0.709. The van der Waals surface area contributed by atoms with Crippen LogP contribution in [0.25, 0.3) is 0 Å². The van der Waals surface area contributed by atoms with E-state index in [1.54, 1.807) is 19.1 Å². The van der Waals surface area contributed by atoms with Gasteiger partial charge in [-0.25, -0.2) is 13.1 Å². The van der Waals surface area contributed by atoms with Gasteiger partial charge in [-0.1, -0.05) is 20.8 Å². The van der Waals surface area contributed by atoms with E-state index in [0.717, 1.165) is 5.56 Å². The van der Waals surface area contributed by atoms with Gasteiger partial charge in [0.05, 0.1) is 10.8 Å². The number of rotatable bonds is 4. The van der Waals surface area contributed by atoms with Crippen molar-refractivity contribution in [3.63, 3.8) is 0 Å². The fraction of sp³-hybridized carbons (Fsp3) is 0.588. The molecule has 0 unspecified atom stereocenters. The topological polar surface area (TPSA) is 75.3 Å². The summed E-state index contributed by atoms with van der Waals surface area (Å²) in [6.45, 7) is 11.8. The first-order chi connectivity index (χ1) is 10.3. The highest BCUT2D eigenvalue weighted by atomic mass is 32.2. The van der Waals surface area contributed by atoms with Crippen LogP contribution in [0, 0.1) is 5.41 Å². The van der Waals surface area contributed by atoms with Crippen LogP contribution < -0.4 is 10.0 Å². The number of carbonyl (C=O) groups excluding carboxylic acids is 1. The summed E-state index contributed by atoms with van der Waals surface area (Å²) in [5.41, 5.74) is 0.867. The van der Waals surface area contributed by atoms with E-state index in [-0.39, 0.29) is 22.1 Å². The third-order valence-electron chi connectivity index (χ3n) is 3.83. The number of sulfonamides is 1. The van der Waals surface area contributed by atoms with Gasteiger partial charge in [0.15, 0.2) is 0 Å². The standard InChI is InChI=1S/C17H26N2O3S/c1-11-13-9-12(7-8-14(13)18-15(11)20)23(21,22)19-17(5,6)10-16(2,3)4/h7-9,11,19H,10H2,1-6H3,(H,18,20)/t11-/m0/s1. The van der Waals surface area contributed by atoms with Crippen LogP contribution in [0.3, 0.4) is 0 Å². The lowest BCUT2D eigenvalue weighted by Crippen LogP contribution is -2.45. The molecule has 0 spiro atoms. The molecule has 0 radical (unpaired) electrons. The molecule has 1 aromatic carbocycles. The molecule has 1 aromatic rings. The van der Waals surface area contributed by atoms with Crippen LogP contribution in [0.15, 0.2) is 23.1 Å². The van der Waals surface area contributed by atoms with E-state index in [9.17, 15) is 13.2 Å². The number of benzene rings is 1. The minimum Gasteiger partial charge on any atom is -0.325 e. The minimum atomic E-state index is -3.64. The Morgan fingerprint density at radius 1 is 1.17 bits per heavy atom. The number of carbonyl (C=O) groups is 1. The lowest BCUT2D eigenvalue weighted by Gasteiger charge is -2.33. The lowest BCUT2D eigenvalue weighted by atomic mass is 9.82. The maximum absolute atomic E-state index is 12.7. The summed E-state index contributed by atoms with van der Waals surface area (Å²) in [6, 6.07) is 4.78. The second-order valence-electron chi connectivity index (χ2n) is 8.19. The lowest BCUT2D eigenvalue weighted by molar-refractivity contribution is -0.116. The van der Waals surface area contributed by atoms with Gasteiger partial charge in [0.1, 0.15) is 0 Å². The van der Waals surface area contributed by atoms with Crippen molar-refractivity contribution in [3.8, 4) is 0 Å². The summed E-state index contributed by atoms with van der Waals surface area (Å²) < 4.78 is 28.2. The Bertz CT molecular complexity index is 731. The fourth-order valence-corrected chi connectivity index (χ4v) is 4.79. The smallest absolute Gasteiger partial charge is 0.241 e. The van der Waals surface area contributed by atoms with Crippen molar-refractivity contribution < 1.29 is 13.2 Å². The van der Waals surface area contributed by atoms with Crippen LogP contribution >= 0.6 is 0 Å². The van der Waals surface area contributed by atoms with Crippen molar-refractivity contribution >= 4 is 21.6 Å². The van der Waals surface area contributed by atoms with Crippen LogP contribution in [0.5, 0.6) is 0 Å². The first kappa shape index (κ1) is 17.9. The molecule has 0 saturated carbocycles. The van der Waals surface area contributed by atoms with Gasteiger partial charge < -0.3 is 5.32 Å². The minimum absolute atomic E-state index is 0.00874. The molecule has 1 heterocycles. The van der Waals surface area contributed by atoms with Gasteiger partial charge in [-0.3, -0.25) is 4.79 Å². The molecule has 23 heavy (non-hydrogen) atoms. The fourth-order valence-electron chi connectivity index (χ4n) is 3.35. The average Bonchev–Trinajstić information content (AvgIpc) is 2.60. The zero-order chi connectivity index (χ0) is 17.6. The molecule has 2 N–H and O–H groups in total. The molecular weight excluding hydrogens is 312 g/mol. The van der Waals surface area contributed by atoms with Gasteiger partial charge in [-0.05, 0) is 56.4 Å². The molecule has 5 nitrogen and oxygen atoms in total. The maximum Gasteiger partial charge on any atom is 0.241 e. The number of anilines is 1. The summed E-state index contributed by atoms with van der Waals surface area (Å²) in [4.78, 5) is 11.9. The van der Waals surface area contributed by atoms with Gasteiger partial charge in [-0.15, -0.1) is 0 Å². The Hall–Kier alpha value is -1.40. The molecular formula is C17H26N2O3S. The monoisotopic (exact) mass is 338 g/mol. The predicted molar refractivity (Wildman–Crippen MR) is 92.0 cm³/mol. The Kier molecular flexibility index (Phi) is 4.37. The zero-order valence-electron chi connectivity index (χ0n) is 14.6. The van der Waals surface area contributed by atoms with Crippen LogP contribution in [0.1, 0.15) is 59.4 Å². The van der Waals surface area contributed by atoms with Gasteiger partial charge in [0.25, 0.3) is 0 Å². The van der Waals surface area contributed by atoms with Crippen LogP contribution in [0.2, 0.25) is 0 Å². The third kappa shape index (κ3) is 4.12. The third-order valence-corrected chi connectivity index (χ3v) is 5.53. The van der Waals surface area contributed by atoms with Gasteiger partial charge >= 0.3 is 0 Å². The molecule has 1 amide bonds. The van der Waals surface area contributed by atoms with E-state index in [0.29, 0.717) is 12.1 Å². The molecule has 0 aromatic heterocycles. The maximum atomic E-state index is 12.7. The highest BCUT2D eigenvalue weighted by molar-refractivity contribution is 7.89. The van der Waals surface area contributed by atoms with E-state index >= 15 is 0 Å². The van der Waals surface area contributed by atoms with Gasteiger partial charge in [0.2, 0.25) is 15.9 Å². The van der Waals surface area contributed by atoms with Crippen LogP contribution in [-0.2, 0) is 14.8 Å². The molecule has 1 aliphatic heterocycles. The summed E-state index contributed by atoms with van der Waals surface area (Å²) >= 11 is 0. The number of hydrogen-bond donors (Lipinski definition) is 2. The SMILES string of the molecule is C[C@@H]1C(=O)Nc2ccc(S(=O)(=O)NC(C)(C)CC(C)(C)C)cc21. The molecule has 0 saturated heterocycles. The van der Waals surface area contributed by atoms with Crippen molar-refractivity contribution in [3.05, 3.63) is 23.8 Å². The first-order valence-electron chi connectivity index (χ1n) is 7.80. The number of nitrogens with one attached hydrogen (secondary N) is 2. The Morgan fingerprint density at radius 2 is 1.78 bits per heavy atom. The zero-order valence-corrected chi connectivity index (χ0v) is 15.5. The quantitative estimate of drug-likeness (QED) is 0.885. The highest BCUT2D eigenvalue weighted by Crippen LogP contribution is 2.34. The van der Waals surface area contributed by atoms with E-state index < -0.39 is 15.6 Å². The molecule has 0 bridgehead atoms.